The van der Waals surface area contributed by atoms with Crippen molar-refractivity contribution in [3.8, 4) is 11.8 Å². The number of pyridine rings is 1. The van der Waals surface area contributed by atoms with Crippen LogP contribution in [0.15, 0.2) is 6.20 Å². The minimum Gasteiger partial charge on any atom is -0.491 e. The third kappa shape index (κ3) is 1.88. The zero-order chi connectivity index (χ0) is 12.3. The van der Waals surface area contributed by atoms with Crippen molar-refractivity contribution in [3.63, 3.8) is 0 Å². The molecule has 6 nitrogen and oxygen atoms in total. The number of aromatic nitrogens is 1. The molecule has 0 aliphatic rings. The Labute approximate surface area is 88.2 Å². The second kappa shape index (κ2) is 4.48. The number of ether oxygens (including phenoxy) is 1. The van der Waals surface area contributed by atoms with Crippen molar-refractivity contribution in [2.24, 2.45) is 0 Å². The molecular weight excluding hydrogens is 224 g/mol. The highest BCUT2D eigenvalue weighted by Gasteiger charge is 2.30. The zero-order valence-corrected chi connectivity index (χ0v) is 7.98. The van der Waals surface area contributed by atoms with Crippen molar-refractivity contribution in [2.75, 3.05) is 7.11 Å². The summed E-state index contributed by atoms with van der Waals surface area (Å²) in [5.41, 5.74) is -1.59. The lowest BCUT2D eigenvalue weighted by Gasteiger charge is -2.06. The minimum absolute atomic E-state index is 0.219. The number of halogens is 2. The fraction of sp³-hybridized carbons (Fsp3) is 0.250. The van der Waals surface area contributed by atoms with Gasteiger partial charge in [-0.2, -0.15) is 5.26 Å². The molecule has 1 rings (SSSR count). The summed E-state index contributed by atoms with van der Waals surface area (Å²) in [4.78, 5) is 12.6. The van der Waals surface area contributed by atoms with Crippen molar-refractivity contribution < 1.29 is 18.4 Å². The summed E-state index contributed by atoms with van der Waals surface area (Å²) in [5.74, 6) is -1.25. The van der Waals surface area contributed by atoms with Gasteiger partial charge < -0.3 is 14.9 Å². The molecule has 0 saturated heterocycles. The van der Waals surface area contributed by atoms with Gasteiger partial charge in [0, 0.05) is 0 Å². The SMILES string of the molecule is COc1cnc([N+](=O)[O-])c(C(F)F)c1C#N. The first kappa shape index (κ1) is 11.8. The fourth-order valence-corrected chi connectivity index (χ4v) is 1.12. The van der Waals surface area contributed by atoms with Gasteiger partial charge in [-0.1, -0.05) is 0 Å². The van der Waals surface area contributed by atoms with E-state index in [-0.39, 0.29) is 5.75 Å². The highest BCUT2D eigenvalue weighted by Crippen LogP contribution is 2.34. The van der Waals surface area contributed by atoms with Crippen LogP contribution in [-0.2, 0) is 0 Å². The topological polar surface area (TPSA) is 89.1 Å². The Morgan fingerprint density at radius 3 is 2.69 bits per heavy atom. The lowest BCUT2D eigenvalue weighted by Crippen LogP contribution is -2.04. The Morgan fingerprint density at radius 1 is 1.69 bits per heavy atom. The normalized spacial score (nSPS) is 9.94. The van der Waals surface area contributed by atoms with E-state index in [1.807, 2.05) is 0 Å². The van der Waals surface area contributed by atoms with Crippen molar-refractivity contribution >= 4 is 5.82 Å². The van der Waals surface area contributed by atoms with Gasteiger partial charge in [0.2, 0.25) is 0 Å². The number of hydrogen-bond acceptors (Lipinski definition) is 5. The first-order valence-electron chi connectivity index (χ1n) is 3.92. The van der Waals surface area contributed by atoms with Gasteiger partial charge in [0.25, 0.3) is 6.43 Å². The Morgan fingerprint density at radius 2 is 2.31 bits per heavy atom. The molecular formula is C8H5F2N3O3. The first-order valence-corrected chi connectivity index (χ1v) is 3.92. The monoisotopic (exact) mass is 229 g/mol. The standard InChI is InChI=1S/C8H5F2N3O3/c1-16-5-3-12-8(13(14)15)6(7(9)10)4(5)2-11/h3,7H,1H3. The molecule has 1 aromatic rings. The summed E-state index contributed by atoms with van der Waals surface area (Å²) in [6.07, 6.45) is -2.31. The van der Waals surface area contributed by atoms with E-state index in [1.54, 1.807) is 0 Å². The maximum absolute atomic E-state index is 12.6. The largest absolute Gasteiger partial charge is 0.491 e. The number of rotatable bonds is 3. The Hall–Kier alpha value is -2.30. The maximum atomic E-state index is 12.6. The van der Waals surface area contributed by atoms with E-state index in [1.165, 1.54) is 6.07 Å². The summed E-state index contributed by atoms with van der Waals surface area (Å²) in [6, 6.07) is 1.44. The molecule has 1 aromatic heterocycles. The predicted octanol–water partition coefficient (Wildman–Crippen LogP) is 1.81. The molecule has 0 saturated carbocycles. The van der Waals surface area contributed by atoms with Crippen molar-refractivity contribution in [1.82, 2.24) is 4.98 Å². The predicted molar refractivity (Wildman–Crippen MR) is 47.1 cm³/mol. The number of methoxy groups -OCH3 is 1. The fourth-order valence-electron chi connectivity index (χ4n) is 1.12. The lowest BCUT2D eigenvalue weighted by atomic mass is 10.1. The molecule has 0 aromatic carbocycles. The Balaban J connectivity index is 3.58. The second-order valence-corrected chi connectivity index (χ2v) is 2.61. The van der Waals surface area contributed by atoms with Gasteiger partial charge in [0.15, 0.2) is 11.9 Å². The van der Waals surface area contributed by atoms with Crippen LogP contribution in [0.3, 0.4) is 0 Å². The molecule has 1 heterocycles. The van der Waals surface area contributed by atoms with Crippen LogP contribution in [0, 0.1) is 21.4 Å². The van der Waals surface area contributed by atoms with E-state index < -0.39 is 28.3 Å². The van der Waals surface area contributed by atoms with Gasteiger partial charge in [-0.15, -0.1) is 0 Å². The quantitative estimate of drug-likeness (QED) is 0.582. The molecule has 84 valence electrons. The van der Waals surface area contributed by atoms with Gasteiger partial charge in [-0.25, -0.2) is 8.78 Å². The van der Waals surface area contributed by atoms with Gasteiger partial charge >= 0.3 is 5.82 Å². The molecule has 16 heavy (non-hydrogen) atoms. The number of nitro groups is 1. The van der Waals surface area contributed by atoms with Gasteiger partial charge in [-0.3, -0.25) is 0 Å². The molecule has 0 aliphatic carbocycles. The summed E-state index contributed by atoms with van der Waals surface area (Å²) in [6.45, 7) is 0. The number of alkyl halides is 2. The third-order valence-electron chi connectivity index (χ3n) is 1.78. The molecule has 0 spiro atoms. The van der Waals surface area contributed by atoms with Crippen LogP contribution in [0.1, 0.15) is 17.6 Å². The molecule has 0 radical (unpaired) electrons. The first-order chi connectivity index (χ1) is 7.52. The van der Waals surface area contributed by atoms with Crippen LogP contribution in [0.2, 0.25) is 0 Å². The van der Waals surface area contributed by atoms with Crippen LogP contribution in [-0.4, -0.2) is 17.0 Å². The molecule has 0 amide bonds. The third-order valence-corrected chi connectivity index (χ3v) is 1.78. The number of nitriles is 1. The summed E-state index contributed by atoms with van der Waals surface area (Å²) in [5, 5.41) is 19.1. The summed E-state index contributed by atoms with van der Waals surface area (Å²) < 4.78 is 29.8. The molecule has 8 heteroatoms. The molecule has 0 unspecified atom stereocenters. The van der Waals surface area contributed by atoms with E-state index in [4.69, 9.17) is 5.26 Å². The van der Waals surface area contributed by atoms with Gasteiger partial charge in [0.05, 0.1) is 7.11 Å². The van der Waals surface area contributed by atoms with E-state index >= 15 is 0 Å². The van der Waals surface area contributed by atoms with Crippen LogP contribution in [0.25, 0.3) is 0 Å². The van der Waals surface area contributed by atoms with E-state index in [0.29, 0.717) is 0 Å². The van der Waals surface area contributed by atoms with Crippen molar-refractivity contribution in [3.05, 3.63) is 27.4 Å². The minimum atomic E-state index is -3.17. The molecule has 0 aliphatic heterocycles. The van der Waals surface area contributed by atoms with Crippen LogP contribution in [0.4, 0.5) is 14.6 Å². The van der Waals surface area contributed by atoms with Gasteiger partial charge in [-0.05, 0) is 9.91 Å². The van der Waals surface area contributed by atoms with Crippen LogP contribution < -0.4 is 4.74 Å². The second-order valence-electron chi connectivity index (χ2n) is 2.61. The molecule has 0 fully saturated rings. The van der Waals surface area contributed by atoms with Crippen LogP contribution in [0.5, 0.6) is 5.75 Å². The number of nitrogens with zero attached hydrogens (tertiary/aromatic N) is 3. The highest BCUT2D eigenvalue weighted by molar-refractivity contribution is 5.54. The zero-order valence-electron chi connectivity index (χ0n) is 7.98. The average Bonchev–Trinajstić information content (AvgIpc) is 2.26. The molecule has 0 bridgehead atoms. The molecule has 0 N–H and O–H groups in total. The van der Waals surface area contributed by atoms with Crippen LogP contribution >= 0.6 is 0 Å². The van der Waals surface area contributed by atoms with E-state index in [0.717, 1.165) is 13.3 Å². The summed E-state index contributed by atoms with van der Waals surface area (Å²) in [7, 11) is 1.15. The van der Waals surface area contributed by atoms with Crippen molar-refractivity contribution in [2.45, 2.75) is 6.43 Å². The average molecular weight is 229 g/mol. The lowest BCUT2D eigenvalue weighted by molar-refractivity contribution is -0.391. The Kier molecular flexibility index (Phi) is 3.30. The van der Waals surface area contributed by atoms with E-state index in [9.17, 15) is 18.9 Å². The van der Waals surface area contributed by atoms with E-state index in [2.05, 4.69) is 9.72 Å². The highest BCUT2D eigenvalue weighted by atomic mass is 19.3. The Bertz CT molecular complexity index is 470. The van der Waals surface area contributed by atoms with Gasteiger partial charge in [0.1, 0.15) is 17.2 Å². The maximum Gasteiger partial charge on any atom is 0.374 e. The van der Waals surface area contributed by atoms with Crippen molar-refractivity contribution in [1.29, 1.82) is 5.26 Å². The molecule has 0 atom stereocenters. The summed E-state index contributed by atoms with van der Waals surface area (Å²) >= 11 is 0. The number of hydrogen-bond donors (Lipinski definition) is 0. The smallest absolute Gasteiger partial charge is 0.374 e.